The number of hydrogen-bond acceptors (Lipinski definition) is 3. The number of anilines is 1. The highest BCUT2D eigenvalue weighted by Gasteiger charge is 2.00. The highest BCUT2D eigenvalue weighted by atomic mass is 32.1. The van der Waals surface area contributed by atoms with Crippen LogP contribution < -0.4 is 15.4 Å². The van der Waals surface area contributed by atoms with Gasteiger partial charge in [-0.15, -0.1) is 0 Å². The van der Waals surface area contributed by atoms with Crippen molar-refractivity contribution >= 4 is 23.1 Å². The van der Waals surface area contributed by atoms with E-state index in [4.69, 9.17) is 17.0 Å². The van der Waals surface area contributed by atoms with Crippen LogP contribution in [0.25, 0.3) is 0 Å². The summed E-state index contributed by atoms with van der Waals surface area (Å²) in [4.78, 5) is 4.37. The Morgan fingerprint density at radius 1 is 1.17 bits per heavy atom. The Bertz CT molecular complexity index is 656. The zero-order valence-electron chi connectivity index (χ0n) is 14.5. The van der Waals surface area contributed by atoms with E-state index >= 15 is 0 Å². The SMILES string of the molecule is Cc1cccc(NC(=S)NCCCc2ccc(OC(C)C)cc2)n1. The number of nitrogens with zero attached hydrogens (tertiary/aromatic N) is 1. The van der Waals surface area contributed by atoms with E-state index in [1.165, 1.54) is 5.56 Å². The second-order valence-corrected chi connectivity index (χ2v) is 6.37. The van der Waals surface area contributed by atoms with E-state index < -0.39 is 0 Å². The summed E-state index contributed by atoms with van der Waals surface area (Å²) in [6, 6.07) is 14.1. The van der Waals surface area contributed by atoms with Gasteiger partial charge in [-0.2, -0.15) is 0 Å². The van der Waals surface area contributed by atoms with Crippen LogP contribution >= 0.6 is 12.2 Å². The van der Waals surface area contributed by atoms with Crippen molar-refractivity contribution < 1.29 is 4.74 Å². The third-order valence-electron chi connectivity index (χ3n) is 3.35. The van der Waals surface area contributed by atoms with Crippen molar-refractivity contribution in [1.82, 2.24) is 10.3 Å². The highest BCUT2D eigenvalue weighted by molar-refractivity contribution is 7.80. The van der Waals surface area contributed by atoms with Gasteiger partial charge in [-0.05, 0) is 75.7 Å². The standard InChI is InChI=1S/C19H25N3OS/c1-14(2)23-17-11-9-16(10-12-17)7-5-13-20-19(24)22-18-8-4-6-15(3)21-18/h4,6,8-12,14H,5,7,13H2,1-3H3,(H2,20,21,22,24). The van der Waals surface area contributed by atoms with E-state index in [1.807, 2.05) is 51.1 Å². The van der Waals surface area contributed by atoms with Crippen molar-refractivity contribution in [2.45, 2.75) is 39.7 Å². The molecule has 0 spiro atoms. The van der Waals surface area contributed by atoms with Crippen molar-refractivity contribution in [3.8, 4) is 5.75 Å². The summed E-state index contributed by atoms with van der Waals surface area (Å²) in [7, 11) is 0. The molecule has 0 saturated carbocycles. The predicted molar refractivity (Wildman–Crippen MR) is 104 cm³/mol. The lowest BCUT2D eigenvalue weighted by Gasteiger charge is -2.11. The molecule has 0 bridgehead atoms. The molecule has 128 valence electrons. The second kappa shape index (κ2) is 9.23. The maximum Gasteiger partial charge on any atom is 0.171 e. The molecule has 1 aromatic carbocycles. The summed E-state index contributed by atoms with van der Waals surface area (Å²) >= 11 is 5.29. The molecule has 0 saturated heterocycles. The van der Waals surface area contributed by atoms with Crippen molar-refractivity contribution in [3.63, 3.8) is 0 Å². The molecule has 0 aliphatic heterocycles. The third-order valence-corrected chi connectivity index (χ3v) is 3.60. The fourth-order valence-electron chi connectivity index (χ4n) is 2.27. The van der Waals surface area contributed by atoms with Gasteiger partial charge < -0.3 is 15.4 Å². The minimum absolute atomic E-state index is 0.205. The van der Waals surface area contributed by atoms with Gasteiger partial charge in [0.1, 0.15) is 11.6 Å². The largest absolute Gasteiger partial charge is 0.491 e. The van der Waals surface area contributed by atoms with Gasteiger partial charge in [0.15, 0.2) is 5.11 Å². The number of aryl methyl sites for hydroxylation is 2. The minimum Gasteiger partial charge on any atom is -0.491 e. The van der Waals surface area contributed by atoms with E-state index in [0.717, 1.165) is 36.6 Å². The van der Waals surface area contributed by atoms with Crippen molar-refractivity contribution in [2.75, 3.05) is 11.9 Å². The van der Waals surface area contributed by atoms with Crippen LogP contribution in [-0.2, 0) is 6.42 Å². The number of rotatable bonds is 7. The molecule has 0 amide bonds. The van der Waals surface area contributed by atoms with Crippen LogP contribution in [0.4, 0.5) is 5.82 Å². The highest BCUT2D eigenvalue weighted by Crippen LogP contribution is 2.14. The van der Waals surface area contributed by atoms with Crippen molar-refractivity contribution in [3.05, 3.63) is 53.7 Å². The number of ether oxygens (including phenoxy) is 1. The van der Waals surface area contributed by atoms with Crippen LogP contribution in [0, 0.1) is 6.92 Å². The summed E-state index contributed by atoms with van der Waals surface area (Å²) in [5, 5.41) is 6.92. The van der Waals surface area contributed by atoms with Crippen LogP contribution in [0.1, 0.15) is 31.5 Å². The Hall–Kier alpha value is -2.14. The minimum atomic E-state index is 0.205. The molecule has 5 heteroatoms. The molecule has 1 heterocycles. The predicted octanol–water partition coefficient (Wildman–Crippen LogP) is 4.10. The van der Waals surface area contributed by atoms with Crippen molar-refractivity contribution in [2.24, 2.45) is 0 Å². The fourth-order valence-corrected chi connectivity index (χ4v) is 2.48. The first-order chi connectivity index (χ1) is 11.5. The van der Waals surface area contributed by atoms with Gasteiger partial charge >= 0.3 is 0 Å². The van der Waals surface area contributed by atoms with Gasteiger partial charge in [0.2, 0.25) is 0 Å². The first-order valence-electron chi connectivity index (χ1n) is 8.27. The van der Waals surface area contributed by atoms with Gasteiger partial charge in [-0.25, -0.2) is 4.98 Å². The normalized spacial score (nSPS) is 10.5. The molecular weight excluding hydrogens is 318 g/mol. The Morgan fingerprint density at radius 2 is 1.92 bits per heavy atom. The molecule has 0 radical (unpaired) electrons. The fraction of sp³-hybridized carbons (Fsp3) is 0.368. The summed E-state index contributed by atoms with van der Waals surface area (Å²) in [5.74, 6) is 1.69. The Balaban J connectivity index is 1.68. The van der Waals surface area contributed by atoms with Crippen LogP contribution in [-0.4, -0.2) is 22.7 Å². The average molecular weight is 343 g/mol. The molecule has 2 rings (SSSR count). The van der Waals surface area contributed by atoms with E-state index in [-0.39, 0.29) is 6.10 Å². The molecule has 0 aliphatic rings. The summed E-state index contributed by atoms with van der Waals surface area (Å²) in [5.41, 5.74) is 2.26. The smallest absolute Gasteiger partial charge is 0.171 e. The van der Waals surface area contributed by atoms with Crippen LogP contribution in [0.2, 0.25) is 0 Å². The zero-order valence-corrected chi connectivity index (χ0v) is 15.3. The maximum atomic E-state index is 5.65. The Kier molecular flexibility index (Phi) is 7.00. The van der Waals surface area contributed by atoms with Crippen LogP contribution in [0.5, 0.6) is 5.75 Å². The first-order valence-corrected chi connectivity index (χ1v) is 8.68. The molecule has 4 nitrogen and oxygen atoms in total. The summed E-state index contributed by atoms with van der Waals surface area (Å²) in [6.45, 7) is 6.84. The average Bonchev–Trinajstić information content (AvgIpc) is 2.52. The summed E-state index contributed by atoms with van der Waals surface area (Å²) < 4.78 is 5.65. The Labute approximate surface area is 149 Å². The van der Waals surface area contributed by atoms with E-state index in [1.54, 1.807) is 0 Å². The number of benzene rings is 1. The molecule has 2 N–H and O–H groups in total. The van der Waals surface area contributed by atoms with E-state index in [9.17, 15) is 0 Å². The zero-order chi connectivity index (χ0) is 17.4. The van der Waals surface area contributed by atoms with Crippen LogP contribution in [0.15, 0.2) is 42.5 Å². The van der Waals surface area contributed by atoms with Crippen molar-refractivity contribution in [1.29, 1.82) is 0 Å². The topological polar surface area (TPSA) is 46.2 Å². The third kappa shape index (κ3) is 6.54. The lowest BCUT2D eigenvalue weighted by Crippen LogP contribution is -2.29. The number of nitrogens with one attached hydrogen (secondary N) is 2. The van der Waals surface area contributed by atoms with E-state index in [2.05, 4.69) is 27.8 Å². The summed E-state index contributed by atoms with van der Waals surface area (Å²) in [6.07, 6.45) is 2.21. The lowest BCUT2D eigenvalue weighted by atomic mass is 10.1. The molecule has 24 heavy (non-hydrogen) atoms. The molecule has 1 aromatic heterocycles. The molecule has 0 atom stereocenters. The molecule has 2 aromatic rings. The van der Waals surface area contributed by atoms with Gasteiger partial charge in [0.25, 0.3) is 0 Å². The number of pyridine rings is 1. The van der Waals surface area contributed by atoms with Gasteiger partial charge in [-0.3, -0.25) is 0 Å². The van der Waals surface area contributed by atoms with E-state index in [0.29, 0.717) is 5.11 Å². The molecule has 0 fully saturated rings. The number of aromatic nitrogens is 1. The first kappa shape index (κ1) is 18.2. The number of hydrogen-bond donors (Lipinski definition) is 2. The quantitative estimate of drug-likeness (QED) is 0.585. The monoisotopic (exact) mass is 343 g/mol. The molecule has 0 unspecified atom stereocenters. The van der Waals surface area contributed by atoms with Crippen LogP contribution in [0.3, 0.4) is 0 Å². The lowest BCUT2D eigenvalue weighted by molar-refractivity contribution is 0.242. The second-order valence-electron chi connectivity index (χ2n) is 5.96. The Morgan fingerprint density at radius 3 is 2.58 bits per heavy atom. The van der Waals surface area contributed by atoms with Gasteiger partial charge in [0, 0.05) is 12.2 Å². The number of thiocarbonyl (C=S) groups is 1. The van der Waals surface area contributed by atoms with Gasteiger partial charge in [0.05, 0.1) is 6.10 Å². The molecular formula is C19H25N3OS. The van der Waals surface area contributed by atoms with Gasteiger partial charge in [-0.1, -0.05) is 18.2 Å². The maximum absolute atomic E-state index is 5.65. The molecule has 0 aliphatic carbocycles.